The summed E-state index contributed by atoms with van der Waals surface area (Å²) in [6.45, 7) is 4.18. The van der Waals surface area contributed by atoms with Crippen LogP contribution in [0, 0.1) is 11.8 Å². The van der Waals surface area contributed by atoms with E-state index >= 15 is 0 Å². The van der Waals surface area contributed by atoms with E-state index in [1.54, 1.807) is 12.1 Å². The maximum absolute atomic E-state index is 12.2. The third kappa shape index (κ3) is 2.12. The second kappa shape index (κ2) is 5.27. The molecule has 0 amide bonds. The van der Waals surface area contributed by atoms with E-state index in [1.165, 1.54) is 0 Å². The molecule has 3 heteroatoms. The average molecular weight is 309 g/mol. The third-order valence-electron chi connectivity index (χ3n) is 3.70. The standard InChI is InChI=1S/C15H17BrO2/c1-3-11-12(4-2)15(18)14(16)13(11)9-5-7-10(17)8-6-9/h5-8,11-12,17H,3-4H2,1-2H3/t11-,12+/m0/s1. The summed E-state index contributed by atoms with van der Waals surface area (Å²) in [5.41, 5.74) is 2.12. The van der Waals surface area contributed by atoms with Crippen molar-refractivity contribution in [2.24, 2.45) is 11.8 Å². The molecule has 0 saturated heterocycles. The molecule has 0 unspecified atom stereocenters. The summed E-state index contributed by atoms with van der Waals surface area (Å²) in [6, 6.07) is 7.08. The molecule has 0 bridgehead atoms. The number of ketones is 1. The first kappa shape index (κ1) is 13.3. The quantitative estimate of drug-likeness (QED) is 0.911. The van der Waals surface area contributed by atoms with Crippen molar-refractivity contribution in [2.75, 3.05) is 0 Å². The van der Waals surface area contributed by atoms with Crippen LogP contribution in [-0.4, -0.2) is 10.9 Å². The van der Waals surface area contributed by atoms with Crippen LogP contribution in [0.2, 0.25) is 0 Å². The van der Waals surface area contributed by atoms with Crippen molar-refractivity contribution in [1.82, 2.24) is 0 Å². The molecule has 1 N–H and O–H groups in total. The van der Waals surface area contributed by atoms with Gasteiger partial charge in [-0.2, -0.15) is 0 Å². The van der Waals surface area contributed by atoms with E-state index in [2.05, 4.69) is 29.8 Å². The number of aromatic hydroxyl groups is 1. The van der Waals surface area contributed by atoms with Crippen LogP contribution < -0.4 is 0 Å². The van der Waals surface area contributed by atoms with Crippen molar-refractivity contribution in [3.8, 4) is 5.75 Å². The molecule has 0 radical (unpaired) electrons. The second-order valence-electron chi connectivity index (χ2n) is 4.67. The molecule has 2 nitrogen and oxygen atoms in total. The molecule has 0 saturated carbocycles. The molecule has 0 aliphatic heterocycles. The summed E-state index contributed by atoms with van der Waals surface area (Å²) in [6.07, 6.45) is 1.82. The minimum Gasteiger partial charge on any atom is -0.508 e. The Labute approximate surface area is 116 Å². The number of allylic oxidation sites excluding steroid dienone is 2. The maximum atomic E-state index is 12.2. The van der Waals surface area contributed by atoms with Gasteiger partial charge in [0.25, 0.3) is 0 Å². The summed E-state index contributed by atoms with van der Waals surface area (Å²) >= 11 is 3.46. The minimum absolute atomic E-state index is 0.0909. The molecule has 0 fully saturated rings. The topological polar surface area (TPSA) is 37.3 Å². The number of Topliss-reactive ketones (excluding diaryl/α,β-unsaturated/α-hetero) is 1. The Balaban J connectivity index is 2.47. The summed E-state index contributed by atoms with van der Waals surface area (Å²) in [5.74, 6) is 0.835. The fourth-order valence-corrected chi connectivity index (χ4v) is 3.60. The zero-order valence-electron chi connectivity index (χ0n) is 10.6. The summed E-state index contributed by atoms with van der Waals surface area (Å²) in [7, 11) is 0. The van der Waals surface area contributed by atoms with Gasteiger partial charge in [-0.3, -0.25) is 4.79 Å². The fourth-order valence-electron chi connectivity index (χ4n) is 2.78. The number of halogens is 1. The molecule has 1 aromatic carbocycles. The SMILES string of the molecule is CC[C@@H]1C(c2ccc(O)cc2)=C(Br)C(=O)[C@@H]1CC. The van der Waals surface area contributed by atoms with Crippen molar-refractivity contribution in [1.29, 1.82) is 0 Å². The van der Waals surface area contributed by atoms with Crippen molar-refractivity contribution in [3.63, 3.8) is 0 Å². The van der Waals surface area contributed by atoms with Gasteiger partial charge in [0, 0.05) is 5.92 Å². The molecule has 18 heavy (non-hydrogen) atoms. The van der Waals surface area contributed by atoms with Gasteiger partial charge in [0.15, 0.2) is 5.78 Å². The lowest BCUT2D eigenvalue weighted by Crippen LogP contribution is -2.15. The number of carbonyl (C=O) groups excluding carboxylic acids is 1. The first-order valence-corrected chi connectivity index (χ1v) is 7.12. The normalized spacial score (nSPS) is 23.8. The molecular weight excluding hydrogens is 292 g/mol. The Morgan fingerprint density at radius 1 is 1.11 bits per heavy atom. The van der Waals surface area contributed by atoms with Crippen LogP contribution in [0.3, 0.4) is 0 Å². The van der Waals surface area contributed by atoms with Gasteiger partial charge in [0.05, 0.1) is 4.48 Å². The zero-order chi connectivity index (χ0) is 13.3. The van der Waals surface area contributed by atoms with Crippen molar-refractivity contribution in [2.45, 2.75) is 26.7 Å². The van der Waals surface area contributed by atoms with Gasteiger partial charge in [-0.15, -0.1) is 0 Å². The molecule has 1 aliphatic rings. The molecular formula is C15H17BrO2. The van der Waals surface area contributed by atoms with Crippen LogP contribution in [0.25, 0.3) is 5.57 Å². The van der Waals surface area contributed by atoms with Gasteiger partial charge >= 0.3 is 0 Å². The molecule has 1 aliphatic carbocycles. The van der Waals surface area contributed by atoms with Gasteiger partial charge in [0.1, 0.15) is 5.75 Å². The number of rotatable bonds is 3. The number of hydrogen-bond acceptors (Lipinski definition) is 2. The molecule has 96 valence electrons. The van der Waals surface area contributed by atoms with E-state index in [1.807, 2.05) is 12.1 Å². The van der Waals surface area contributed by atoms with Crippen molar-refractivity contribution >= 4 is 27.3 Å². The zero-order valence-corrected chi connectivity index (χ0v) is 12.2. The highest BCUT2D eigenvalue weighted by Crippen LogP contribution is 2.46. The molecule has 1 aromatic rings. The Bertz CT molecular complexity index is 488. The Morgan fingerprint density at radius 2 is 1.67 bits per heavy atom. The molecule has 0 spiro atoms. The maximum Gasteiger partial charge on any atom is 0.173 e. The summed E-state index contributed by atoms with van der Waals surface area (Å²) < 4.78 is 0.715. The van der Waals surface area contributed by atoms with Gasteiger partial charge in [-0.1, -0.05) is 26.0 Å². The largest absolute Gasteiger partial charge is 0.508 e. The number of carbonyl (C=O) groups is 1. The summed E-state index contributed by atoms with van der Waals surface area (Å²) in [5, 5.41) is 9.34. The molecule has 0 aromatic heterocycles. The highest BCUT2D eigenvalue weighted by Gasteiger charge is 2.39. The number of benzene rings is 1. The average Bonchev–Trinajstić information content (AvgIpc) is 2.62. The number of phenols is 1. The van der Waals surface area contributed by atoms with Crippen LogP contribution >= 0.6 is 15.9 Å². The molecule has 2 rings (SSSR count). The lowest BCUT2D eigenvalue weighted by atomic mass is 9.84. The van der Waals surface area contributed by atoms with Crippen molar-refractivity contribution < 1.29 is 9.90 Å². The Morgan fingerprint density at radius 3 is 2.17 bits per heavy atom. The first-order chi connectivity index (χ1) is 8.60. The van der Waals surface area contributed by atoms with Crippen LogP contribution in [0.5, 0.6) is 5.75 Å². The van der Waals surface area contributed by atoms with E-state index < -0.39 is 0 Å². The van der Waals surface area contributed by atoms with Gasteiger partial charge in [0.2, 0.25) is 0 Å². The predicted molar refractivity (Wildman–Crippen MR) is 76.5 cm³/mol. The first-order valence-electron chi connectivity index (χ1n) is 6.33. The van der Waals surface area contributed by atoms with Crippen LogP contribution in [-0.2, 0) is 4.79 Å². The van der Waals surface area contributed by atoms with Gasteiger partial charge < -0.3 is 5.11 Å². The summed E-state index contributed by atoms with van der Waals surface area (Å²) in [4.78, 5) is 12.2. The van der Waals surface area contributed by atoms with Gasteiger partial charge in [-0.25, -0.2) is 0 Å². The lowest BCUT2D eigenvalue weighted by Gasteiger charge is -2.19. The highest BCUT2D eigenvalue weighted by atomic mass is 79.9. The minimum atomic E-state index is 0.0909. The van der Waals surface area contributed by atoms with E-state index in [9.17, 15) is 9.90 Å². The number of hydrogen-bond donors (Lipinski definition) is 1. The fraction of sp³-hybridized carbons (Fsp3) is 0.400. The molecule has 2 atom stereocenters. The Kier molecular flexibility index (Phi) is 3.91. The van der Waals surface area contributed by atoms with Crippen LogP contribution in [0.15, 0.2) is 28.7 Å². The molecule has 0 heterocycles. The third-order valence-corrected chi connectivity index (χ3v) is 4.52. The predicted octanol–water partition coefficient (Wildman–Crippen LogP) is 4.13. The Hall–Kier alpha value is -1.09. The van der Waals surface area contributed by atoms with E-state index in [-0.39, 0.29) is 23.4 Å². The number of phenolic OH excluding ortho intramolecular Hbond substituents is 1. The van der Waals surface area contributed by atoms with E-state index in [0.29, 0.717) is 4.48 Å². The van der Waals surface area contributed by atoms with Gasteiger partial charge in [-0.05, 0) is 58.0 Å². The smallest absolute Gasteiger partial charge is 0.173 e. The second-order valence-corrected chi connectivity index (χ2v) is 5.46. The van der Waals surface area contributed by atoms with Crippen LogP contribution in [0.4, 0.5) is 0 Å². The van der Waals surface area contributed by atoms with E-state index in [0.717, 1.165) is 24.0 Å². The highest BCUT2D eigenvalue weighted by molar-refractivity contribution is 9.12. The van der Waals surface area contributed by atoms with Crippen molar-refractivity contribution in [3.05, 3.63) is 34.3 Å². The van der Waals surface area contributed by atoms with E-state index in [4.69, 9.17) is 0 Å². The van der Waals surface area contributed by atoms with Crippen LogP contribution in [0.1, 0.15) is 32.3 Å². The lowest BCUT2D eigenvalue weighted by molar-refractivity contribution is -0.118. The monoisotopic (exact) mass is 308 g/mol.